The minimum absolute atomic E-state index is 0.163. The Morgan fingerprint density at radius 2 is 2.35 bits per heavy atom. The van der Waals surface area contributed by atoms with E-state index < -0.39 is 15.9 Å². The molecule has 1 aromatic rings. The Bertz CT molecular complexity index is 373. The number of hydrogen-bond acceptors (Lipinski definition) is 2. The third-order valence-electron chi connectivity index (χ3n) is 1.92. The Morgan fingerprint density at radius 3 is 2.82 bits per heavy atom. The number of furan rings is 1. The Morgan fingerprint density at radius 1 is 1.65 bits per heavy atom. The molecule has 0 aromatic carbocycles. The first kappa shape index (κ1) is 14.4. The van der Waals surface area contributed by atoms with E-state index in [1.165, 1.54) is 12.3 Å². The molecule has 0 aliphatic heterocycles. The molecule has 1 heterocycles. The predicted octanol–water partition coefficient (Wildman–Crippen LogP) is 1.46. The van der Waals surface area contributed by atoms with Gasteiger partial charge in [0.05, 0.1) is 12.8 Å². The molecule has 0 bridgehead atoms. The lowest BCUT2D eigenvalue weighted by atomic mass is 10.4. The van der Waals surface area contributed by atoms with Crippen molar-refractivity contribution in [2.24, 2.45) is 0 Å². The molecule has 1 aromatic heterocycles. The van der Waals surface area contributed by atoms with E-state index >= 15 is 0 Å². The molecule has 3 N–H and O–H groups in total. The molecule has 0 saturated heterocycles. The van der Waals surface area contributed by atoms with E-state index in [2.05, 4.69) is 11.9 Å². The van der Waals surface area contributed by atoms with Crippen molar-refractivity contribution in [2.75, 3.05) is 6.54 Å². The summed E-state index contributed by atoms with van der Waals surface area (Å²) in [5.41, 5.74) is 0. The van der Waals surface area contributed by atoms with E-state index in [-0.39, 0.29) is 5.76 Å². The van der Waals surface area contributed by atoms with Crippen molar-refractivity contribution in [3.05, 3.63) is 36.8 Å². The fourth-order valence-electron chi connectivity index (χ4n) is 1.13. The predicted molar refractivity (Wildman–Crippen MR) is 67.2 cm³/mol. The molecule has 1 amide bonds. The van der Waals surface area contributed by atoms with Gasteiger partial charge in [-0.3, -0.25) is 10.1 Å². The van der Waals surface area contributed by atoms with E-state index in [0.717, 1.165) is 0 Å². The topological polar surface area (TPSA) is 58.9 Å². The van der Waals surface area contributed by atoms with Crippen LogP contribution in [0.15, 0.2) is 35.5 Å². The van der Waals surface area contributed by atoms with E-state index in [0.29, 0.717) is 6.54 Å². The molecule has 17 heavy (non-hydrogen) atoms. The highest BCUT2D eigenvalue weighted by Gasteiger charge is 2.37. The number of carbonyl (C=O) groups excluding carboxylic acids is 1. The molecular formula is C10H12Cl3N2O2+. The maximum atomic E-state index is 11.7. The van der Waals surface area contributed by atoms with Gasteiger partial charge in [0.25, 0.3) is 9.70 Å². The van der Waals surface area contributed by atoms with Crippen molar-refractivity contribution in [3.8, 4) is 0 Å². The zero-order valence-electron chi connectivity index (χ0n) is 8.83. The third kappa shape index (κ3) is 4.60. The van der Waals surface area contributed by atoms with Gasteiger partial charge in [0, 0.05) is 0 Å². The summed E-state index contributed by atoms with van der Waals surface area (Å²) in [5.74, 6) is -0.275. The van der Waals surface area contributed by atoms with Crippen LogP contribution < -0.4 is 10.6 Å². The van der Waals surface area contributed by atoms with Crippen molar-refractivity contribution in [1.82, 2.24) is 5.32 Å². The molecule has 1 rings (SSSR count). The summed E-state index contributed by atoms with van der Waals surface area (Å²) in [6.45, 7) is 4.06. The van der Waals surface area contributed by atoms with Crippen molar-refractivity contribution in [1.29, 1.82) is 0 Å². The molecule has 1 atom stereocenters. The van der Waals surface area contributed by atoms with Gasteiger partial charge >= 0.3 is 0 Å². The van der Waals surface area contributed by atoms with Gasteiger partial charge in [-0.2, -0.15) is 0 Å². The number of amides is 1. The quantitative estimate of drug-likeness (QED) is 0.491. The zero-order chi connectivity index (χ0) is 12.9. The van der Waals surface area contributed by atoms with Gasteiger partial charge in [-0.15, -0.1) is 0 Å². The van der Waals surface area contributed by atoms with Crippen LogP contribution in [0.25, 0.3) is 0 Å². The first-order valence-electron chi connectivity index (χ1n) is 4.80. The van der Waals surface area contributed by atoms with Gasteiger partial charge in [0.15, 0.2) is 5.76 Å². The SMILES string of the molecule is C=CC[NH2+][C@H](NC(=O)c1ccco1)C(Cl)(Cl)Cl. The highest BCUT2D eigenvalue weighted by molar-refractivity contribution is 6.68. The number of nitrogens with one attached hydrogen (secondary N) is 1. The molecule has 7 heteroatoms. The molecule has 0 aliphatic carbocycles. The summed E-state index contributed by atoms with van der Waals surface area (Å²) in [4.78, 5) is 11.7. The van der Waals surface area contributed by atoms with Crippen molar-refractivity contribution in [3.63, 3.8) is 0 Å². The number of alkyl halides is 3. The number of halogens is 3. The Balaban J connectivity index is 2.66. The highest BCUT2D eigenvalue weighted by Crippen LogP contribution is 2.27. The van der Waals surface area contributed by atoms with Gasteiger partial charge in [-0.05, 0) is 18.2 Å². The van der Waals surface area contributed by atoms with Gasteiger partial charge in [-0.1, -0.05) is 41.4 Å². The average molecular weight is 299 g/mol. The molecule has 0 spiro atoms. The monoisotopic (exact) mass is 297 g/mol. The second-order valence-corrected chi connectivity index (χ2v) is 5.60. The van der Waals surface area contributed by atoms with Gasteiger partial charge in [0.2, 0.25) is 6.17 Å². The van der Waals surface area contributed by atoms with E-state index in [1.54, 1.807) is 17.5 Å². The van der Waals surface area contributed by atoms with Crippen LogP contribution in [0, 0.1) is 0 Å². The maximum absolute atomic E-state index is 11.7. The smallest absolute Gasteiger partial charge is 0.291 e. The first-order valence-corrected chi connectivity index (χ1v) is 5.94. The summed E-state index contributed by atoms with van der Waals surface area (Å²) in [6, 6.07) is 3.13. The van der Waals surface area contributed by atoms with Gasteiger partial charge in [0.1, 0.15) is 0 Å². The summed E-state index contributed by atoms with van der Waals surface area (Å²) in [7, 11) is 0. The van der Waals surface area contributed by atoms with Crippen LogP contribution in [0.5, 0.6) is 0 Å². The van der Waals surface area contributed by atoms with Gasteiger partial charge in [-0.25, -0.2) is 0 Å². The number of carbonyl (C=O) groups is 1. The van der Waals surface area contributed by atoms with Crippen LogP contribution in [0.1, 0.15) is 10.6 Å². The lowest BCUT2D eigenvalue weighted by Crippen LogP contribution is -2.96. The third-order valence-corrected chi connectivity index (χ3v) is 2.63. The number of quaternary nitrogens is 1. The number of rotatable bonds is 5. The molecule has 0 radical (unpaired) electrons. The fourth-order valence-corrected chi connectivity index (χ4v) is 1.56. The molecule has 0 unspecified atom stereocenters. The molecule has 0 aliphatic rings. The fraction of sp³-hybridized carbons (Fsp3) is 0.300. The maximum Gasteiger partial charge on any atom is 0.291 e. The van der Waals surface area contributed by atoms with E-state index in [9.17, 15) is 4.79 Å². The second-order valence-electron chi connectivity index (χ2n) is 3.23. The minimum atomic E-state index is -1.62. The molecule has 4 nitrogen and oxygen atoms in total. The molecular weight excluding hydrogens is 286 g/mol. The van der Waals surface area contributed by atoms with Crippen LogP contribution in [-0.2, 0) is 0 Å². The molecule has 0 fully saturated rings. The van der Waals surface area contributed by atoms with Crippen molar-refractivity contribution >= 4 is 40.7 Å². The average Bonchev–Trinajstić information content (AvgIpc) is 2.75. The number of nitrogens with two attached hydrogens (primary N) is 1. The Labute approximate surface area is 114 Å². The Hall–Kier alpha value is -0.680. The highest BCUT2D eigenvalue weighted by atomic mass is 35.6. The Kier molecular flexibility index (Phi) is 5.33. The largest absolute Gasteiger partial charge is 0.459 e. The van der Waals surface area contributed by atoms with Crippen LogP contribution in [-0.4, -0.2) is 22.4 Å². The van der Waals surface area contributed by atoms with E-state index in [4.69, 9.17) is 39.2 Å². The lowest BCUT2D eigenvalue weighted by molar-refractivity contribution is -0.683. The molecule has 0 saturated carbocycles. The van der Waals surface area contributed by atoms with Crippen LogP contribution in [0.4, 0.5) is 0 Å². The number of hydrogen-bond donors (Lipinski definition) is 2. The summed E-state index contributed by atoms with van der Waals surface area (Å²) >= 11 is 17.3. The van der Waals surface area contributed by atoms with Gasteiger partial charge < -0.3 is 9.73 Å². The van der Waals surface area contributed by atoms with Crippen LogP contribution in [0.2, 0.25) is 0 Å². The summed E-state index contributed by atoms with van der Waals surface area (Å²) in [5, 5.41) is 4.22. The van der Waals surface area contributed by atoms with Crippen molar-refractivity contribution in [2.45, 2.75) is 9.96 Å². The first-order chi connectivity index (χ1) is 7.95. The zero-order valence-corrected chi connectivity index (χ0v) is 11.1. The van der Waals surface area contributed by atoms with Crippen LogP contribution >= 0.6 is 34.8 Å². The van der Waals surface area contributed by atoms with Crippen molar-refractivity contribution < 1.29 is 14.5 Å². The minimum Gasteiger partial charge on any atom is -0.459 e. The summed E-state index contributed by atoms with van der Waals surface area (Å²) in [6.07, 6.45) is 2.32. The second kappa shape index (κ2) is 6.31. The van der Waals surface area contributed by atoms with E-state index in [1.807, 2.05) is 0 Å². The standard InChI is InChI=1S/C10H11Cl3N2O2/c1-2-5-14-9(10(11,12)13)15-8(16)7-4-3-6-17-7/h2-4,6,9,14H,1,5H2,(H,15,16)/p+1/t9-/m1/s1. The lowest BCUT2D eigenvalue weighted by Gasteiger charge is -2.22. The normalized spacial score (nSPS) is 13.1. The molecule has 94 valence electrons. The van der Waals surface area contributed by atoms with Crippen LogP contribution in [0.3, 0.4) is 0 Å². The summed E-state index contributed by atoms with van der Waals surface area (Å²) < 4.78 is 3.32.